The fraction of sp³-hybridized carbons (Fsp3) is 0.417. The summed E-state index contributed by atoms with van der Waals surface area (Å²) in [6.45, 7) is 5.67. The van der Waals surface area contributed by atoms with Gasteiger partial charge in [0.1, 0.15) is 5.75 Å². The number of carbonyl (C=O) groups is 2. The Morgan fingerprint density at radius 3 is 2.45 bits per heavy atom. The van der Waals surface area contributed by atoms with E-state index in [1.54, 1.807) is 31.4 Å². The van der Waals surface area contributed by atoms with Crippen molar-refractivity contribution in [2.75, 3.05) is 45.2 Å². The fourth-order valence-electron chi connectivity index (χ4n) is 3.77. The number of anilines is 1. The van der Waals surface area contributed by atoms with Gasteiger partial charge in [0.15, 0.2) is 0 Å². The largest absolute Gasteiger partial charge is 0.497 e. The number of likely N-dealkylation sites (tertiary alicyclic amines) is 1. The first-order valence-electron chi connectivity index (χ1n) is 10.8. The van der Waals surface area contributed by atoms with E-state index < -0.39 is 0 Å². The summed E-state index contributed by atoms with van der Waals surface area (Å²) in [5, 5.41) is 5.99. The third-order valence-electron chi connectivity index (χ3n) is 5.44. The summed E-state index contributed by atoms with van der Waals surface area (Å²) < 4.78 is 5.12. The molecule has 0 saturated carbocycles. The third kappa shape index (κ3) is 7.38. The molecule has 0 radical (unpaired) electrons. The predicted molar refractivity (Wildman–Crippen MR) is 122 cm³/mol. The fourth-order valence-corrected chi connectivity index (χ4v) is 3.77. The highest BCUT2D eigenvalue weighted by atomic mass is 16.5. The van der Waals surface area contributed by atoms with Crippen molar-refractivity contribution in [1.29, 1.82) is 0 Å². The Kier molecular flexibility index (Phi) is 8.44. The summed E-state index contributed by atoms with van der Waals surface area (Å²) in [7, 11) is 1.60. The van der Waals surface area contributed by atoms with Gasteiger partial charge in [-0.2, -0.15) is 0 Å². The first kappa shape index (κ1) is 22.8. The van der Waals surface area contributed by atoms with Crippen LogP contribution in [0.15, 0.2) is 54.6 Å². The van der Waals surface area contributed by atoms with Gasteiger partial charge in [-0.1, -0.05) is 37.3 Å². The first-order valence-corrected chi connectivity index (χ1v) is 10.8. The molecular formula is C24H32N4O3. The third-order valence-corrected chi connectivity index (χ3v) is 5.44. The first-order chi connectivity index (χ1) is 15.1. The molecule has 1 heterocycles. The van der Waals surface area contributed by atoms with E-state index in [9.17, 15) is 9.59 Å². The van der Waals surface area contributed by atoms with Crippen LogP contribution in [-0.4, -0.2) is 67.5 Å². The second-order valence-electron chi connectivity index (χ2n) is 7.85. The summed E-state index contributed by atoms with van der Waals surface area (Å²) in [5.74, 6) is 0.555. The minimum absolute atomic E-state index is 0.0364. The van der Waals surface area contributed by atoms with Crippen LogP contribution in [0.25, 0.3) is 0 Å². The lowest BCUT2D eigenvalue weighted by atomic mass is 10.2. The lowest BCUT2D eigenvalue weighted by Gasteiger charge is -2.21. The van der Waals surface area contributed by atoms with E-state index >= 15 is 0 Å². The van der Waals surface area contributed by atoms with Crippen LogP contribution in [-0.2, 0) is 16.1 Å². The Hall–Kier alpha value is -2.90. The molecule has 1 aliphatic rings. The Balaban J connectivity index is 1.40. The summed E-state index contributed by atoms with van der Waals surface area (Å²) >= 11 is 0. The van der Waals surface area contributed by atoms with Crippen LogP contribution < -0.4 is 15.4 Å². The van der Waals surface area contributed by atoms with Crippen LogP contribution in [0.3, 0.4) is 0 Å². The number of rotatable bonds is 10. The number of methoxy groups -OCH3 is 1. The molecule has 1 aliphatic heterocycles. The van der Waals surface area contributed by atoms with Gasteiger partial charge in [0.05, 0.1) is 20.2 Å². The Labute approximate surface area is 184 Å². The van der Waals surface area contributed by atoms with E-state index in [1.165, 1.54) is 5.56 Å². The monoisotopic (exact) mass is 424 g/mol. The molecule has 0 aliphatic carbocycles. The maximum Gasteiger partial charge on any atom is 0.238 e. The van der Waals surface area contributed by atoms with E-state index in [-0.39, 0.29) is 30.9 Å². The molecule has 166 valence electrons. The summed E-state index contributed by atoms with van der Waals surface area (Å²) in [4.78, 5) is 29.1. The molecule has 2 amide bonds. The second kappa shape index (κ2) is 11.5. The molecule has 1 saturated heterocycles. The molecule has 0 unspecified atom stereocenters. The van der Waals surface area contributed by atoms with Crippen molar-refractivity contribution in [3.63, 3.8) is 0 Å². The van der Waals surface area contributed by atoms with E-state index in [4.69, 9.17) is 4.74 Å². The molecule has 2 aromatic rings. The number of nitrogens with one attached hydrogen (secondary N) is 2. The Morgan fingerprint density at radius 1 is 1.06 bits per heavy atom. The SMILES string of the molecule is CCN(CC(=O)Nc1ccc(OC)cc1)CC(=O)N[C@@H]1CCN(Cc2ccccc2)C1. The molecule has 1 fully saturated rings. The lowest BCUT2D eigenvalue weighted by Crippen LogP contribution is -2.45. The van der Waals surface area contributed by atoms with Crippen LogP contribution in [0.2, 0.25) is 0 Å². The van der Waals surface area contributed by atoms with Gasteiger partial charge in [0.25, 0.3) is 0 Å². The number of ether oxygens (including phenoxy) is 1. The maximum absolute atomic E-state index is 12.5. The molecule has 0 aromatic heterocycles. The van der Waals surface area contributed by atoms with Crippen molar-refractivity contribution in [2.24, 2.45) is 0 Å². The van der Waals surface area contributed by atoms with E-state index in [1.807, 2.05) is 17.9 Å². The smallest absolute Gasteiger partial charge is 0.238 e. The molecule has 31 heavy (non-hydrogen) atoms. The summed E-state index contributed by atoms with van der Waals surface area (Å²) in [5.41, 5.74) is 1.99. The van der Waals surface area contributed by atoms with Gasteiger partial charge in [-0.3, -0.25) is 19.4 Å². The van der Waals surface area contributed by atoms with Gasteiger partial charge in [-0.25, -0.2) is 0 Å². The van der Waals surface area contributed by atoms with Crippen LogP contribution in [0.5, 0.6) is 5.75 Å². The number of amides is 2. The number of nitrogens with zero attached hydrogens (tertiary/aromatic N) is 2. The van der Waals surface area contributed by atoms with Crippen LogP contribution in [0, 0.1) is 0 Å². The molecule has 7 nitrogen and oxygen atoms in total. The van der Waals surface area contributed by atoms with Crippen LogP contribution in [0.4, 0.5) is 5.69 Å². The summed E-state index contributed by atoms with van der Waals surface area (Å²) in [6.07, 6.45) is 0.947. The van der Waals surface area contributed by atoms with Crippen molar-refractivity contribution in [3.05, 3.63) is 60.2 Å². The molecule has 0 bridgehead atoms. The normalized spacial score (nSPS) is 16.3. The molecular weight excluding hydrogens is 392 g/mol. The minimum atomic E-state index is -0.144. The average molecular weight is 425 g/mol. The topological polar surface area (TPSA) is 73.9 Å². The van der Waals surface area contributed by atoms with Crippen LogP contribution in [0.1, 0.15) is 18.9 Å². The quantitative estimate of drug-likeness (QED) is 0.613. The molecule has 1 atom stereocenters. The van der Waals surface area contributed by atoms with Gasteiger partial charge in [-0.05, 0) is 42.8 Å². The van der Waals surface area contributed by atoms with Gasteiger partial charge >= 0.3 is 0 Å². The zero-order valence-corrected chi connectivity index (χ0v) is 18.3. The van der Waals surface area contributed by atoms with Crippen molar-refractivity contribution in [2.45, 2.75) is 25.9 Å². The molecule has 2 N–H and O–H groups in total. The number of carbonyl (C=O) groups excluding carboxylic acids is 2. The number of hydrogen-bond acceptors (Lipinski definition) is 5. The number of likely N-dealkylation sites (N-methyl/N-ethyl adjacent to an activating group) is 1. The number of hydrogen-bond donors (Lipinski definition) is 2. The van der Waals surface area contributed by atoms with E-state index in [0.717, 1.165) is 31.8 Å². The molecule has 3 rings (SSSR count). The highest BCUT2D eigenvalue weighted by molar-refractivity contribution is 5.92. The predicted octanol–water partition coefficient (Wildman–Crippen LogP) is 2.35. The molecule has 7 heteroatoms. The molecule has 0 spiro atoms. The second-order valence-corrected chi connectivity index (χ2v) is 7.85. The van der Waals surface area contributed by atoms with Gasteiger partial charge < -0.3 is 15.4 Å². The van der Waals surface area contributed by atoms with Gasteiger partial charge in [-0.15, -0.1) is 0 Å². The van der Waals surface area contributed by atoms with Crippen molar-refractivity contribution >= 4 is 17.5 Å². The number of benzene rings is 2. The summed E-state index contributed by atoms with van der Waals surface area (Å²) in [6, 6.07) is 17.7. The van der Waals surface area contributed by atoms with Gasteiger partial charge in [0, 0.05) is 31.4 Å². The van der Waals surface area contributed by atoms with Crippen molar-refractivity contribution in [1.82, 2.24) is 15.1 Å². The minimum Gasteiger partial charge on any atom is -0.497 e. The van der Waals surface area contributed by atoms with E-state index in [2.05, 4.69) is 39.8 Å². The van der Waals surface area contributed by atoms with Gasteiger partial charge in [0.2, 0.25) is 11.8 Å². The highest BCUT2D eigenvalue weighted by Gasteiger charge is 2.24. The maximum atomic E-state index is 12.5. The van der Waals surface area contributed by atoms with Crippen molar-refractivity contribution < 1.29 is 14.3 Å². The van der Waals surface area contributed by atoms with Crippen LogP contribution >= 0.6 is 0 Å². The lowest BCUT2D eigenvalue weighted by molar-refractivity contribution is -0.123. The Bertz CT molecular complexity index is 842. The zero-order chi connectivity index (χ0) is 22.1. The highest BCUT2D eigenvalue weighted by Crippen LogP contribution is 2.15. The Morgan fingerprint density at radius 2 is 1.77 bits per heavy atom. The molecule has 2 aromatic carbocycles. The standard InChI is InChI=1S/C24H32N4O3/c1-3-27(17-23(29)25-20-9-11-22(31-2)12-10-20)18-24(30)26-21-13-14-28(16-21)15-19-7-5-4-6-8-19/h4-12,21H,3,13-18H2,1-2H3,(H,25,29)(H,26,30)/t21-/m1/s1. The average Bonchev–Trinajstić information content (AvgIpc) is 3.20. The van der Waals surface area contributed by atoms with E-state index in [0.29, 0.717) is 12.2 Å². The van der Waals surface area contributed by atoms with Crippen molar-refractivity contribution in [3.8, 4) is 5.75 Å². The zero-order valence-electron chi connectivity index (χ0n) is 18.3.